The largest absolute Gasteiger partial charge is 0.337 e. The second-order valence-corrected chi connectivity index (χ2v) is 9.34. The van der Waals surface area contributed by atoms with Crippen molar-refractivity contribution in [3.63, 3.8) is 0 Å². The number of thiazole rings is 1. The molecule has 2 atom stereocenters. The fraction of sp³-hybridized carbons (Fsp3) is 0.545. The zero-order chi connectivity index (χ0) is 20.7. The van der Waals surface area contributed by atoms with Gasteiger partial charge in [-0.05, 0) is 31.4 Å². The average molecular weight is 426 g/mol. The molecular weight excluding hydrogens is 398 g/mol. The first-order valence-electron chi connectivity index (χ1n) is 10.7. The molecule has 3 aliphatic rings. The first-order chi connectivity index (χ1) is 14.6. The van der Waals surface area contributed by atoms with Gasteiger partial charge in [0.05, 0.1) is 17.0 Å². The lowest BCUT2D eigenvalue weighted by Gasteiger charge is -2.47. The van der Waals surface area contributed by atoms with Crippen molar-refractivity contribution in [2.24, 2.45) is 11.8 Å². The molecule has 3 saturated heterocycles. The summed E-state index contributed by atoms with van der Waals surface area (Å²) in [4.78, 5) is 40.9. The van der Waals surface area contributed by atoms with Gasteiger partial charge >= 0.3 is 0 Å². The molecule has 0 aliphatic carbocycles. The van der Waals surface area contributed by atoms with E-state index in [1.165, 1.54) is 16.9 Å². The van der Waals surface area contributed by atoms with E-state index in [4.69, 9.17) is 0 Å². The maximum Gasteiger partial charge on any atom is 0.273 e. The highest BCUT2D eigenvalue weighted by Crippen LogP contribution is 2.49. The second kappa shape index (κ2) is 7.74. The van der Waals surface area contributed by atoms with Crippen LogP contribution in [0.3, 0.4) is 0 Å². The predicted molar refractivity (Wildman–Crippen MR) is 114 cm³/mol. The van der Waals surface area contributed by atoms with Crippen molar-refractivity contribution >= 4 is 23.2 Å². The van der Waals surface area contributed by atoms with Crippen molar-refractivity contribution in [2.75, 3.05) is 32.7 Å². The fourth-order valence-electron chi connectivity index (χ4n) is 5.87. The molecule has 2 amide bonds. The Morgan fingerprint density at radius 1 is 1.30 bits per heavy atom. The minimum Gasteiger partial charge on any atom is -0.337 e. The summed E-state index contributed by atoms with van der Waals surface area (Å²) in [5.41, 5.74) is 3.30. The van der Waals surface area contributed by atoms with Gasteiger partial charge in [0.2, 0.25) is 5.91 Å². The second-order valence-electron chi connectivity index (χ2n) is 8.62. The highest BCUT2D eigenvalue weighted by Gasteiger charge is 2.61. The van der Waals surface area contributed by atoms with Crippen molar-refractivity contribution in [3.8, 4) is 0 Å². The van der Waals surface area contributed by atoms with Crippen molar-refractivity contribution in [1.82, 2.24) is 24.7 Å². The fourth-order valence-corrected chi connectivity index (χ4v) is 6.39. The van der Waals surface area contributed by atoms with Crippen molar-refractivity contribution in [3.05, 3.63) is 46.7 Å². The number of hydrogen-bond acceptors (Lipinski definition) is 6. The Kier molecular flexibility index (Phi) is 5.06. The summed E-state index contributed by atoms with van der Waals surface area (Å²) in [5.74, 6) is 0.718. The van der Waals surface area contributed by atoms with Gasteiger partial charge in [0.15, 0.2) is 0 Å². The van der Waals surface area contributed by atoms with Crippen LogP contribution in [0.25, 0.3) is 0 Å². The Morgan fingerprint density at radius 3 is 2.80 bits per heavy atom. The highest BCUT2D eigenvalue weighted by molar-refractivity contribution is 7.07. The number of rotatable bonds is 4. The number of hydrogen-bond donors (Lipinski definition) is 0. The van der Waals surface area contributed by atoms with Gasteiger partial charge in [0, 0.05) is 63.0 Å². The van der Waals surface area contributed by atoms with Crippen LogP contribution in [0.1, 0.15) is 35.8 Å². The van der Waals surface area contributed by atoms with Crippen molar-refractivity contribution in [2.45, 2.75) is 31.8 Å². The summed E-state index contributed by atoms with van der Waals surface area (Å²) in [6.45, 7) is 6.79. The van der Waals surface area contributed by atoms with E-state index in [2.05, 4.69) is 32.8 Å². The monoisotopic (exact) mass is 425 g/mol. The minimum absolute atomic E-state index is 0.0136. The van der Waals surface area contributed by atoms with Gasteiger partial charge < -0.3 is 9.80 Å². The summed E-state index contributed by atoms with van der Waals surface area (Å²) < 4.78 is 0. The Bertz CT molecular complexity index is 911. The number of fused-ring (bicyclic) bond motifs is 2. The molecule has 2 aromatic rings. The summed E-state index contributed by atoms with van der Waals surface area (Å²) in [7, 11) is 0. The summed E-state index contributed by atoms with van der Waals surface area (Å²) in [6.07, 6.45) is 5.40. The predicted octanol–water partition coefficient (Wildman–Crippen LogP) is 2.12. The lowest BCUT2D eigenvalue weighted by molar-refractivity contribution is -0.135. The average Bonchev–Trinajstić information content (AvgIpc) is 3.48. The smallest absolute Gasteiger partial charge is 0.273 e. The van der Waals surface area contributed by atoms with Crippen LogP contribution in [-0.2, 0) is 11.3 Å². The van der Waals surface area contributed by atoms with Gasteiger partial charge in [0.1, 0.15) is 5.69 Å². The van der Waals surface area contributed by atoms with Gasteiger partial charge in [-0.1, -0.05) is 6.07 Å². The Balaban J connectivity index is 1.32. The van der Waals surface area contributed by atoms with E-state index < -0.39 is 0 Å². The normalized spacial score (nSPS) is 25.8. The number of pyridine rings is 1. The molecular formula is C22H27N5O2S. The standard InChI is InChI=1S/C22H27N5O2S/c1-2-27-20(28)17-12-25(11-16-4-3-7-23-10-16)13-18(17)22(27)5-8-26(9-6-22)21(29)19-14-30-15-24-19/h3-4,7,10,14-15,17-18H,2,5-6,8-9,11-13H2,1H3/t17-,18+/m1/s1. The van der Waals surface area contributed by atoms with E-state index >= 15 is 0 Å². The molecule has 0 bridgehead atoms. The lowest BCUT2D eigenvalue weighted by Crippen LogP contribution is -2.57. The van der Waals surface area contributed by atoms with Gasteiger partial charge in [-0.3, -0.25) is 19.5 Å². The maximum atomic E-state index is 13.3. The molecule has 3 fully saturated rings. The summed E-state index contributed by atoms with van der Waals surface area (Å²) in [5, 5.41) is 1.81. The number of carbonyl (C=O) groups is 2. The third-order valence-electron chi connectivity index (χ3n) is 7.22. The van der Waals surface area contributed by atoms with Crippen molar-refractivity contribution < 1.29 is 9.59 Å². The zero-order valence-corrected chi connectivity index (χ0v) is 18.1. The van der Waals surface area contributed by atoms with E-state index in [0.29, 0.717) is 30.6 Å². The number of piperidine rings is 1. The quantitative estimate of drug-likeness (QED) is 0.751. The molecule has 0 aromatic carbocycles. The Hall–Kier alpha value is -2.32. The Labute approximate surface area is 180 Å². The minimum atomic E-state index is -0.126. The molecule has 5 rings (SSSR count). The van der Waals surface area contributed by atoms with Crippen LogP contribution in [-0.4, -0.2) is 74.7 Å². The molecule has 0 saturated carbocycles. The van der Waals surface area contributed by atoms with Gasteiger partial charge in [-0.15, -0.1) is 11.3 Å². The van der Waals surface area contributed by atoms with E-state index in [1.807, 2.05) is 22.5 Å². The van der Waals surface area contributed by atoms with Gasteiger partial charge in [0.25, 0.3) is 5.91 Å². The molecule has 30 heavy (non-hydrogen) atoms. The van der Waals surface area contributed by atoms with Gasteiger partial charge in [-0.2, -0.15) is 0 Å². The first kappa shape index (κ1) is 19.6. The number of likely N-dealkylation sites (tertiary alicyclic amines) is 3. The van der Waals surface area contributed by atoms with Crippen LogP contribution < -0.4 is 0 Å². The molecule has 0 unspecified atom stereocenters. The van der Waals surface area contributed by atoms with E-state index in [-0.39, 0.29) is 17.4 Å². The molecule has 1 spiro atoms. The third-order valence-corrected chi connectivity index (χ3v) is 7.81. The summed E-state index contributed by atoms with van der Waals surface area (Å²) >= 11 is 1.45. The molecule has 0 radical (unpaired) electrons. The van der Waals surface area contributed by atoms with Crippen molar-refractivity contribution in [1.29, 1.82) is 0 Å². The van der Waals surface area contributed by atoms with E-state index in [1.54, 1.807) is 11.7 Å². The van der Waals surface area contributed by atoms with E-state index in [0.717, 1.165) is 39.0 Å². The SMILES string of the molecule is CCN1C(=O)[C@@H]2CN(Cc3cccnc3)C[C@@H]2C12CCN(C(=O)c1cscn1)CC2. The molecule has 158 valence electrons. The van der Waals surface area contributed by atoms with Crippen LogP contribution in [0.4, 0.5) is 0 Å². The molecule has 2 aromatic heterocycles. The maximum absolute atomic E-state index is 13.3. The molecule has 0 N–H and O–H groups in total. The molecule has 8 heteroatoms. The molecule has 7 nitrogen and oxygen atoms in total. The van der Waals surface area contributed by atoms with Crippen LogP contribution >= 0.6 is 11.3 Å². The lowest BCUT2D eigenvalue weighted by atomic mass is 9.75. The number of nitrogens with zero attached hydrogens (tertiary/aromatic N) is 5. The topological polar surface area (TPSA) is 69.6 Å². The van der Waals surface area contributed by atoms with Crippen LogP contribution in [0.15, 0.2) is 35.4 Å². The first-order valence-corrected chi connectivity index (χ1v) is 11.7. The number of aromatic nitrogens is 2. The Morgan fingerprint density at radius 2 is 2.13 bits per heavy atom. The van der Waals surface area contributed by atoms with Crippen LogP contribution in [0.2, 0.25) is 0 Å². The number of amides is 2. The van der Waals surface area contributed by atoms with Gasteiger partial charge in [-0.25, -0.2) is 4.98 Å². The highest BCUT2D eigenvalue weighted by atomic mass is 32.1. The molecule has 5 heterocycles. The van der Waals surface area contributed by atoms with Crippen LogP contribution in [0, 0.1) is 11.8 Å². The summed E-state index contributed by atoms with van der Waals surface area (Å²) in [6, 6.07) is 4.06. The third kappa shape index (κ3) is 3.13. The number of carbonyl (C=O) groups excluding carboxylic acids is 2. The van der Waals surface area contributed by atoms with E-state index in [9.17, 15) is 9.59 Å². The molecule has 3 aliphatic heterocycles. The zero-order valence-electron chi connectivity index (χ0n) is 17.2. The van der Waals surface area contributed by atoms with Crippen LogP contribution in [0.5, 0.6) is 0 Å².